The zero-order chi connectivity index (χ0) is 17.4. The number of aromatic nitrogens is 4. The van der Waals surface area contributed by atoms with Crippen molar-refractivity contribution in [2.75, 3.05) is 19.8 Å². The molecule has 0 bridgehead atoms. The van der Waals surface area contributed by atoms with E-state index in [4.69, 9.17) is 9.15 Å². The summed E-state index contributed by atoms with van der Waals surface area (Å²) < 4.78 is 13.1. The lowest BCUT2D eigenvalue weighted by Crippen LogP contribution is -2.44. The molecule has 25 heavy (non-hydrogen) atoms. The van der Waals surface area contributed by atoms with E-state index in [9.17, 15) is 4.79 Å². The summed E-state index contributed by atoms with van der Waals surface area (Å²) in [5.41, 5.74) is 1.28. The fourth-order valence-corrected chi connectivity index (χ4v) is 2.93. The fraction of sp³-hybridized carbons (Fsp3) is 0.412. The second-order valence-electron chi connectivity index (χ2n) is 6.29. The molecule has 8 heteroatoms. The van der Waals surface area contributed by atoms with Crippen molar-refractivity contribution >= 4 is 11.6 Å². The summed E-state index contributed by atoms with van der Waals surface area (Å²) in [5, 5.41) is 8.20. The first-order valence-corrected chi connectivity index (χ1v) is 8.29. The minimum Gasteiger partial charge on any atom is -0.423 e. The Balaban J connectivity index is 1.68. The second-order valence-corrected chi connectivity index (χ2v) is 6.29. The minimum atomic E-state index is -0.389. The number of morpholine rings is 1. The summed E-state index contributed by atoms with van der Waals surface area (Å²) in [6, 6.07) is 5.09. The van der Waals surface area contributed by atoms with Gasteiger partial charge in [-0.05, 0) is 12.1 Å². The number of hydrogen-bond acceptors (Lipinski definition) is 6. The van der Waals surface area contributed by atoms with Gasteiger partial charge in [0.15, 0.2) is 0 Å². The lowest BCUT2D eigenvalue weighted by Gasteiger charge is -2.33. The monoisotopic (exact) mass is 341 g/mol. The van der Waals surface area contributed by atoms with Gasteiger partial charge in [-0.2, -0.15) is 0 Å². The van der Waals surface area contributed by atoms with Crippen molar-refractivity contribution in [3.63, 3.8) is 0 Å². The van der Waals surface area contributed by atoms with Crippen LogP contribution in [0.4, 0.5) is 0 Å². The molecule has 0 aliphatic carbocycles. The molecule has 4 rings (SSSR count). The van der Waals surface area contributed by atoms with Gasteiger partial charge < -0.3 is 14.1 Å². The minimum absolute atomic E-state index is 0.110. The van der Waals surface area contributed by atoms with E-state index in [0.717, 1.165) is 5.65 Å². The molecule has 130 valence electrons. The Kier molecular flexibility index (Phi) is 3.96. The summed E-state index contributed by atoms with van der Waals surface area (Å²) in [6.45, 7) is 5.25. The van der Waals surface area contributed by atoms with Crippen molar-refractivity contribution < 1.29 is 13.9 Å². The number of imidazole rings is 1. The van der Waals surface area contributed by atoms with Crippen LogP contribution >= 0.6 is 0 Å². The van der Waals surface area contributed by atoms with Gasteiger partial charge in [-0.15, -0.1) is 10.2 Å². The number of nitrogens with zero attached hydrogens (tertiary/aromatic N) is 5. The van der Waals surface area contributed by atoms with Crippen LogP contribution in [0.1, 0.15) is 48.1 Å². The summed E-state index contributed by atoms with van der Waals surface area (Å²) in [6.07, 6.45) is 3.46. The Hall–Kier alpha value is -2.74. The van der Waals surface area contributed by atoms with Crippen LogP contribution in [0.5, 0.6) is 0 Å². The quantitative estimate of drug-likeness (QED) is 0.725. The molecule has 0 spiro atoms. The number of carbonyl (C=O) groups excluding carboxylic acids is 1. The molecule has 0 N–H and O–H groups in total. The maximum Gasteiger partial charge on any atom is 0.271 e. The Bertz CT molecular complexity index is 900. The van der Waals surface area contributed by atoms with Crippen molar-refractivity contribution in [1.82, 2.24) is 24.5 Å². The highest BCUT2D eigenvalue weighted by Gasteiger charge is 2.34. The summed E-state index contributed by atoms with van der Waals surface area (Å²) in [4.78, 5) is 19.1. The topological polar surface area (TPSA) is 85.8 Å². The van der Waals surface area contributed by atoms with E-state index in [0.29, 0.717) is 37.2 Å². The highest BCUT2D eigenvalue weighted by atomic mass is 16.5. The highest BCUT2D eigenvalue weighted by Crippen LogP contribution is 2.26. The molecule has 1 aliphatic heterocycles. The summed E-state index contributed by atoms with van der Waals surface area (Å²) >= 11 is 0. The molecule has 0 aromatic carbocycles. The van der Waals surface area contributed by atoms with Gasteiger partial charge in [-0.3, -0.25) is 9.20 Å². The smallest absolute Gasteiger partial charge is 0.271 e. The third kappa shape index (κ3) is 2.78. The van der Waals surface area contributed by atoms with Crippen molar-refractivity contribution in [1.29, 1.82) is 0 Å². The molecule has 0 radical (unpaired) electrons. The third-order valence-electron chi connectivity index (χ3n) is 4.27. The molecule has 1 fully saturated rings. The maximum absolute atomic E-state index is 13.2. The second kappa shape index (κ2) is 6.29. The van der Waals surface area contributed by atoms with Crippen LogP contribution in [0.2, 0.25) is 0 Å². The van der Waals surface area contributed by atoms with E-state index in [1.807, 2.05) is 26.0 Å². The van der Waals surface area contributed by atoms with Crippen LogP contribution in [0.15, 0.2) is 35.0 Å². The van der Waals surface area contributed by atoms with Crippen LogP contribution in [0.25, 0.3) is 5.65 Å². The van der Waals surface area contributed by atoms with Gasteiger partial charge in [-0.1, -0.05) is 19.9 Å². The number of fused-ring (bicyclic) bond motifs is 1. The van der Waals surface area contributed by atoms with E-state index in [1.54, 1.807) is 27.8 Å². The first kappa shape index (κ1) is 15.8. The molecule has 1 amide bonds. The van der Waals surface area contributed by atoms with Gasteiger partial charge in [0.1, 0.15) is 17.4 Å². The molecular formula is C17H19N5O3. The largest absolute Gasteiger partial charge is 0.423 e. The molecule has 3 aromatic heterocycles. The highest BCUT2D eigenvalue weighted by molar-refractivity contribution is 5.93. The van der Waals surface area contributed by atoms with Crippen molar-refractivity contribution in [3.05, 3.63) is 48.1 Å². The van der Waals surface area contributed by atoms with E-state index < -0.39 is 0 Å². The number of amides is 1. The van der Waals surface area contributed by atoms with E-state index >= 15 is 0 Å². The zero-order valence-corrected chi connectivity index (χ0v) is 14.1. The predicted molar refractivity (Wildman–Crippen MR) is 88.2 cm³/mol. The normalized spacial score (nSPS) is 18.2. The molecule has 1 saturated heterocycles. The Morgan fingerprint density at radius 1 is 1.32 bits per heavy atom. The molecule has 8 nitrogen and oxygen atoms in total. The number of carbonyl (C=O) groups is 1. The number of rotatable bonds is 3. The first-order valence-electron chi connectivity index (χ1n) is 8.29. The van der Waals surface area contributed by atoms with Crippen LogP contribution in [-0.2, 0) is 4.74 Å². The van der Waals surface area contributed by atoms with Crippen LogP contribution in [0, 0.1) is 0 Å². The van der Waals surface area contributed by atoms with Crippen LogP contribution in [0.3, 0.4) is 0 Å². The number of ether oxygens (including phenoxy) is 1. The SMILES string of the molecule is CC(C)c1nnc(C2COCCN2C(=O)c2cccc3nccn23)o1. The average Bonchev–Trinajstić information content (AvgIpc) is 3.30. The van der Waals surface area contributed by atoms with Gasteiger partial charge in [0, 0.05) is 24.9 Å². The Morgan fingerprint density at radius 3 is 3.00 bits per heavy atom. The maximum atomic E-state index is 13.2. The van der Waals surface area contributed by atoms with Gasteiger partial charge in [0.25, 0.3) is 5.91 Å². The molecular weight excluding hydrogens is 322 g/mol. The van der Waals surface area contributed by atoms with Crippen LogP contribution in [-0.4, -0.2) is 50.1 Å². The number of hydrogen-bond donors (Lipinski definition) is 0. The number of pyridine rings is 1. The lowest BCUT2D eigenvalue weighted by atomic mass is 10.2. The standard InChI is InChI=1S/C17H19N5O3/c1-11(2)15-19-20-16(25-15)13-10-24-9-8-22(13)17(23)12-4-3-5-14-18-6-7-21(12)14/h3-7,11,13H,8-10H2,1-2H3. The molecule has 0 saturated carbocycles. The lowest BCUT2D eigenvalue weighted by molar-refractivity contribution is -0.0111. The zero-order valence-electron chi connectivity index (χ0n) is 14.1. The van der Waals surface area contributed by atoms with Gasteiger partial charge in [-0.25, -0.2) is 4.98 Å². The van der Waals surface area contributed by atoms with Gasteiger partial charge in [0.2, 0.25) is 11.8 Å². The van der Waals surface area contributed by atoms with Crippen molar-refractivity contribution in [2.45, 2.75) is 25.8 Å². The molecule has 4 heterocycles. The van der Waals surface area contributed by atoms with Crippen molar-refractivity contribution in [3.8, 4) is 0 Å². The Morgan fingerprint density at radius 2 is 2.20 bits per heavy atom. The summed E-state index contributed by atoms with van der Waals surface area (Å²) in [5.74, 6) is 0.995. The van der Waals surface area contributed by atoms with E-state index in [1.165, 1.54) is 0 Å². The molecule has 1 atom stereocenters. The van der Waals surface area contributed by atoms with Crippen molar-refractivity contribution in [2.24, 2.45) is 0 Å². The predicted octanol–water partition coefficient (Wildman–Crippen LogP) is 2.05. The van der Waals surface area contributed by atoms with E-state index in [2.05, 4.69) is 15.2 Å². The van der Waals surface area contributed by atoms with Gasteiger partial charge in [0.05, 0.1) is 13.2 Å². The first-order chi connectivity index (χ1) is 12.1. The Labute approximate surface area is 144 Å². The molecule has 1 unspecified atom stereocenters. The van der Waals surface area contributed by atoms with E-state index in [-0.39, 0.29) is 17.9 Å². The fourth-order valence-electron chi connectivity index (χ4n) is 2.93. The summed E-state index contributed by atoms with van der Waals surface area (Å²) in [7, 11) is 0. The van der Waals surface area contributed by atoms with Gasteiger partial charge >= 0.3 is 0 Å². The van der Waals surface area contributed by atoms with Crippen LogP contribution < -0.4 is 0 Å². The third-order valence-corrected chi connectivity index (χ3v) is 4.27. The average molecular weight is 341 g/mol. The molecule has 1 aliphatic rings. The molecule has 3 aromatic rings.